The highest BCUT2D eigenvalue weighted by Gasteiger charge is 2.20. The summed E-state index contributed by atoms with van der Waals surface area (Å²) in [6.45, 7) is 0. The van der Waals surface area contributed by atoms with Crippen LogP contribution >= 0.6 is 0 Å². The lowest BCUT2D eigenvalue weighted by Gasteiger charge is -2.10. The fourth-order valence-corrected chi connectivity index (χ4v) is 7.87. The summed E-state index contributed by atoms with van der Waals surface area (Å²) >= 11 is 0. The van der Waals surface area contributed by atoms with Gasteiger partial charge in [-0.25, -0.2) is 15.0 Å². The molecule has 0 bridgehead atoms. The Morgan fingerprint density at radius 2 is 1.04 bits per heavy atom. The maximum absolute atomic E-state index is 6.55. The van der Waals surface area contributed by atoms with E-state index in [4.69, 9.17) is 19.4 Å². The van der Waals surface area contributed by atoms with E-state index < -0.39 is 0 Å². The van der Waals surface area contributed by atoms with Crippen LogP contribution in [0.15, 0.2) is 186 Å². The summed E-state index contributed by atoms with van der Waals surface area (Å²) in [5.74, 6) is 1.82. The number of furan rings is 1. The predicted molar refractivity (Wildman–Crippen MR) is 221 cm³/mol. The van der Waals surface area contributed by atoms with Crippen LogP contribution in [0.5, 0.6) is 0 Å². The maximum atomic E-state index is 6.55. The molecule has 0 atom stereocenters. The van der Waals surface area contributed by atoms with Crippen LogP contribution in [0.1, 0.15) is 0 Å². The van der Waals surface area contributed by atoms with Crippen molar-refractivity contribution in [3.05, 3.63) is 182 Å². The van der Waals surface area contributed by atoms with Crippen molar-refractivity contribution < 1.29 is 4.42 Å². The first kappa shape index (κ1) is 30.3. The highest BCUT2D eigenvalue weighted by atomic mass is 16.3. The van der Waals surface area contributed by atoms with Gasteiger partial charge < -0.3 is 8.98 Å². The minimum absolute atomic E-state index is 0.595. The molecule has 5 nitrogen and oxygen atoms in total. The first-order valence-corrected chi connectivity index (χ1v) is 18.1. The molecule has 11 aromatic rings. The first-order chi connectivity index (χ1) is 26.7. The van der Waals surface area contributed by atoms with Gasteiger partial charge in [0, 0.05) is 43.9 Å². The number of para-hydroxylation sites is 2. The van der Waals surface area contributed by atoms with E-state index in [-0.39, 0.29) is 0 Å². The van der Waals surface area contributed by atoms with Gasteiger partial charge >= 0.3 is 0 Å². The molecule has 0 radical (unpaired) electrons. The number of fused-ring (bicyclic) bond motifs is 7. The summed E-state index contributed by atoms with van der Waals surface area (Å²) in [5, 5.41) is 6.75. The zero-order valence-electron chi connectivity index (χ0n) is 29.0. The molecule has 8 aromatic carbocycles. The fraction of sp³-hybridized carbons (Fsp3) is 0. The predicted octanol–water partition coefficient (Wildman–Crippen LogP) is 12.7. The molecule has 0 spiro atoms. The Balaban J connectivity index is 1.09. The Morgan fingerprint density at radius 1 is 0.370 bits per heavy atom. The molecule has 3 aromatic heterocycles. The molecule has 5 heteroatoms. The highest BCUT2D eigenvalue weighted by molar-refractivity contribution is 6.13. The minimum Gasteiger partial charge on any atom is -0.456 e. The second-order valence-corrected chi connectivity index (χ2v) is 13.6. The van der Waals surface area contributed by atoms with Crippen molar-refractivity contribution >= 4 is 54.5 Å². The molecule has 0 saturated heterocycles. The molecule has 0 amide bonds. The van der Waals surface area contributed by atoms with Gasteiger partial charge in [-0.2, -0.15) is 0 Å². The van der Waals surface area contributed by atoms with Crippen molar-refractivity contribution in [1.82, 2.24) is 19.5 Å². The summed E-state index contributed by atoms with van der Waals surface area (Å²) in [6, 6.07) is 63.3. The summed E-state index contributed by atoms with van der Waals surface area (Å²) in [4.78, 5) is 15.4. The van der Waals surface area contributed by atoms with Gasteiger partial charge in [0.1, 0.15) is 11.2 Å². The summed E-state index contributed by atoms with van der Waals surface area (Å²) in [6.07, 6.45) is 0. The van der Waals surface area contributed by atoms with Crippen LogP contribution in [0, 0.1) is 0 Å². The summed E-state index contributed by atoms with van der Waals surface area (Å²) in [7, 11) is 0. The Bertz CT molecular complexity index is 3220. The van der Waals surface area contributed by atoms with Gasteiger partial charge in [-0.05, 0) is 82.6 Å². The van der Waals surface area contributed by atoms with E-state index in [1.807, 2.05) is 42.5 Å². The Hall–Kier alpha value is -7.37. The van der Waals surface area contributed by atoms with E-state index in [1.165, 1.54) is 16.2 Å². The first-order valence-electron chi connectivity index (χ1n) is 18.1. The lowest BCUT2D eigenvalue weighted by molar-refractivity contribution is 0.669. The second kappa shape index (κ2) is 12.1. The largest absolute Gasteiger partial charge is 0.456 e. The average molecular weight is 691 g/mol. The number of rotatable bonds is 5. The normalized spacial score (nSPS) is 11.7. The number of aromatic nitrogens is 4. The van der Waals surface area contributed by atoms with Crippen LogP contribution < -0.4 is 0 Å². The molecule has 252 valence electrons. The van der Waals surface area contributed by atoms with Crippen LogP contribution in [-0.4, -0.2) is 19.5 Å². The van der Waals surface area contributed by atoms with Gasteiger partial charge in [0.05, 0.1) is 11.0 Å². The molecule has 0 N–H and O–H groups in total. The molecule has 0 saturated carbocycles. The zero-order chi connectivity index (χ0) is 35.6. The van der Waals surface area contributed by atoms with Gasteiger partial charge in [-0.3, -0.25) is 0 Å². The third kappa shape index (κ3) is 4.90. The van der Waals surface area contributed by atoms with Crippen LogP contribution in [0.2, 0.25) is 0 Å². The van der Waals surface area contributed by atoms with Crippen LogP contribution in [-0.2, 0) is 0 Å². The van der Waals surface area contributed by atoms with Crippen molar-refractivity contribution in [2.45, 2.75) is 0 Å². The average Bonchev–Trinajstić information content (AvgIpc) is 3.79. The van der Waals surface area contributed by atoms with Crippen molar-refractivity contribution in [2.24, 2.45) is 0 Å². The second-order valence-electron chi connectivity index (χ2n) is 13.6. The third-order valence-electron chi connectivity index (χ3n) is 10.4. The molecule has 11 rings (SSSR count). The highest BCUT2D eigenvalue weighted by Crippen LogP contribution is 2.39. The number of hydrogen-bond donors (Lipinski definition) is 0. The molecule has 0 fully saturated rings. The quantitative estimate of drug-likeness (QED) is 0.180. The Morgan fingerprint density at radius 3 is 1.91 bits per heavy atom. The standard InChI is InChI=1S/C49H30N4O/c1-3-13-32(14-4-1)47-50-48(36-25-27-43-41(29-36)38-18-9-10-20-42(38)53(43)37-16-5-2-6-17-37)52-49(51-47)40-19-11-21-44-46(40)39-26-24-35(30-45(39)54-44)34-23-22-31-12-7-8-15-33(31)28-34/h1-30H. The van der Waals surface area contributed by atoms with Gasteiger partial charge in [-0.1, -0.05) is 121 Å². The topological polar surface area (TPSA) is 56.7 Å². The van der Waals surface area contributed by atoms with Crippen molar-refractivity contribution in [1.29, 1.82) is 0 Å². The lowest BCUT2D eigenvalue weighted by atomic mass is 9.99. The SMILES string of the molecule is c1ccc(-c2nc(-c3ccc4c(c3)c3ccccc3n4-c3ccccc3)nc(-c3cccc4oc5cc(-c6ccc7ccccc7c6)ccc5c34)n2)cc1. The van der Waals surface area contributed by atoms with Crippen molar-refractivity contribution in [2.75, 3.05) is 0 Å². The van der Waals surface area contributed by atoms with Crippen LogP contribution in [0.25, 0.3) is 105 Å². The third-order valence-corrected chi connectivity index (χ3v) is 10.4. The molecule has 3 heterocycles. The van der Waals surface area contributed by atoms with E-state index in [1.54, 1.807) is 0 Å². The monoisotopic (exact) mass is 690 g/mol. The number of nitrogens with zero attached hydrogens (tertiary/aromatic N) is 4. The van der Waals surface area contributed by atoms with E-state index in [9.17, 15) is 0 Å². The summed E-state index contributed by atoms with van der Waals surface area (Å²) in [5.41, 5.74) is 10.00. The van der Waals surface area contributed by atoms with Gasteiger partial charge in [0.25, 0.3) is 0 Å². The lowest BCUT2D eigenvalue weighted by Crippen LogP contribution is -2.00. The van der Waals surface area contributed by atoms with E-state index >= 15 is 0 Å². The molecule has 0 unspecified atom stereocenters. The number of benzene rings is 8. The molecule has 54 heavy (non-hydrogen) atoms. The number of hydrogen-bond acceptors (Lipinski definition) is 4. The molecule has 0 aliphatic carbocycles. The van der Waals surface area contributed by atoms with E-state index in [0.717, 1.165) is 71.9 Å². The molecule has 0 aliphatic heterocycles. The smallest absolute Gasteiger partial charge is 0.164 e. The zero-order valence-corrected chi connectivity index (χ0v) is 29.0. The Labute approximate surface area is 310 Å². The molecular weight excluding hydrogens is 661 g/mol. The minimum atomic E-state index is 0.595. The fourth-order valence-electron chi connectivity index (χ4n) is 7.87. The van der Waals surface area contributed by atoms with Gasteiger partial charge in [0.15, 0.2) is 17.5 Å². The summed E-state index contributed by atoms with van der Waals surface area (Å²) < 4.78 is 8.87. The van der Waals surface area contributed by atoms with Crippen LogP contribution in [0.4, 0.5) is 0 Å². The van der Waals surface area contributed by atoms with E-state index in [2.05, 4.69) is 144 Å². The maximum Gasteiger partial charge on any atom is 0.164 e. The van der Waals surface area contributed by atoms with Gasteiger partial charge in [0.2, 0.25) is 0 Å². The molecular formula is C49H30N4O. The van der Waals surface area contributed by atoms with Crippen molar-refractivity contribution in [3.8, 4) is 51.0 Å². The Kier molecular flexibility index (Phi) is 6.79. The molecule has 0 aliphatic rings. The van der Waals surface area contributed by atoms with E-state index in [0.29, 0.717) is 17.5 Å². The van der Waals surface area contributed by atoms with Crippen LogP contribution in [0.3, 0.4) is 0 Å². The van der Waals surface area contributed by atoms with Crippen molar-refractivity contribution in [3.63, 3.8) is 0 Å². The van der Waals surface area contributed by atoms with Gasteiger partial charge in [-0.15, -0.1) is 0 Å².